The third kappa shape index (κ3) is 6.30. The predicted molar refractivity (Wildman–Crippen MR) is 120 cm³/mol. The summed E-state index contributed by atoms with van der Waals surface area (Å²) in [6, 6.07) is 8.22. The summed E-state index contributed by atoms with van der Waals surface area (Å²) in [4.78, 5) is 6.41. The van der Waals surface area contributed by atoms with E-state index in [0.717, 1.165) is 44.5 Å². The summed E-state index contributed by atoms with van der Waals surface area (Å²) in [7, 11) is -1.62. The van der Waals surface area contributed by atoms with E-state index in [1.807, 2.05) is 12.1 Å². The van der Waals surface area contributed by atoms with Gasteiger partial charge >= 0.3 is 0 Å². The van der Waals surface area contributed by atoms with Crippen LogP contribution in [0.3, 0.4) is 0 Å². The zero-order valence-corrected chi connectivity index (χ0v) is 18.8. The van der Waals surface area contributed by atoms with Crippen molar-refractivity contribution in [1.29, 1.82) is 0 Å². The average Bonchev–Trinajstić information content (AvgIpc) is 3.09. The minimum absolute atomic E-state index is 0. The fourth-order valence-electron chi connectivity index (χ4n) is 3.41. The van der Waals surface area contributed by atoms with Gasteiger partial charge in [0, 0.05) is 39.0 Å². The van der Waals surface area contributed by atoms with Gasteiger partial charge in [-0.25, -0.2) is 13.1 Å². The van der Waals surface area contributed by atoms with Gasteiger partial charge in [0.15, 0.2) is 5.96 Å². The Kier molecular flexibility index (Phi) is 8.77. The van der Waals surface area contributed by atoms with E-state index in [9.17, 15) is 8.42 Å². The van der Waals surface area contributed by atoms with Crippen molar-refractivity contribution in [3.05, 3.63) is 29.8 Å². The lowest BCUT2D eigenvalue weighted by atomic mass is 10.1. The number of nitrogens with zero attached hydrogens (tertiary/aromatic N) is 2. The standard InChI is InChI=1S/C18H28N4O3S.HI/c1-19-18(22-11-9-15-6-2-3-8-17(15)22)20-10-13-26(23,24)21-14-16-7-4-5-12-25-16;/h2-3,6,8,16,21H,4-5,7,9-14H2,1H3,(H,19,20);1H. The second-order valence-electron chi connectivity index (χ2n) is 6.66. The van der Waals surface area contributed by atoms with Crippen LogP contribution in [0, 0.1) is 0 Å². The van der Waals surface area contributed by atoms with Crippen LogP contribution >= 0.6 is 24.0 Å². The Bertz CT molecular complexity index is 736. The molecule has 0 aromatic heterocycles. The SMILES string of the molecule is CN=C(NCCS(=O)(=O)NCC1CCCCO1)N1CCc2ccccc21.I. The minimum atomic E-state index is -3.33. The molecular weight excluding hydrogens is 479 g/mol. The number of sulfonamides is 1. The van der Waals surface area contributed by atoms with Crippen LogP contribution in [0.2, 0.25) is 0 Å². The number of ether oxygens (including phenoxy) is 1. The first-order chi connectivity index (χ1) is 12.6. The number of nitrogens with one attached hydrogen (secondary N) is 2. The molecule has 7 nitrogen and oxygen atoms in total. The van der Waals surface area contributed by atoms with Gasteiger partial charge in [-0.15, -0.1) is 24.0 Å². The summed E-state index contributed by atoms with van der Waals surface area (Å²) in [6.07, 6.45) is 4.05. The average molecular weight is 508 g/mol. The topological polar surface area (TPSA) is 83.0 Å². The van der Waals surface area contributed by atoms with Crippen LogP contribution in [0.15, 0.2) is 29.3 Å². The molecule has 0 aliphatic carbocycles. The van der Waals surface area contributed by atoms with Gasteiger partial charge in [-0.3, -0.25) is 4.99 Å². The normalized spacial score (nSPS) is 20.1. The van der Waals surface area contributed by atoms with Gasteiger partial charge in [-0.2, -0.15) is 0 Å². The number of para-hydroxylation sites is 1. The number of halogens is 1. The van der Waals surface area contributed by atoms with Crippen LogP contribution in [0.5, 0.6) is 0 Å². The van der Waals surface area contributed by atoms with E-state index >= 15 is 0 Å². The number of fused-ring (bicyclic) bond motifs is 1. The monoisotopic (exact) mass is 508 g/mol. The summed E-state index contributed by atoms with van der Waals surface area (Å²) < 4.78 is 32.6. The van der Waals surface area contributed by atoms with Crippen LogP contribution < -0.4 is 14.9 Å². The van der Waals surface area contributed by atoms with E-state index in [1.54, 1.807) is 7.05 Å². The Labute approximate surface area is 179 Å². The van der Waals surface area contributed by atoms with Gasteiger partial charge in [-0.05, 0) is 37.3 Å². The van der Waals surface area contributed by atoms with Crippen molar-refractivity contribution in [2.45, 2.75) is 31.8 Å². The van der Waals surface area contributed by atoms with E-state index < -0.39 is 10.0 Å². The molecule has 9 heteroatoms. The predicted octanol–water partition coefficient (Wildman–Crippen LogP) is 1.73. The number of aliphatic imine (C=N–C) groups is 1. The lowest BCUT2D eigenvalue weighted by Gasteiger charge is -2.23. The van der Waals surface area contributed by atoms with E-state index in [1.165, 1.54) is 5.56 Å². The number of guanidine groups is 1. The molecule has 0 radical (unpaired) electrons. The second-order valence-corrected chi connectivity index (χ2v) is 8.59. The molecule has 1 atom stereocenters. The molecule has 0 amide bonds. The fraction of sp³-hybridized carbons (Fsp3) is 0.611. The first kappa shape index (κ1) is 22.4. The fourth-order valence-corrected chi connectivity index (χ4v) is 4.37. The number of anilines is 1. The van der Waals surface area contributed by atoms with E-state index in [4.69, 9.17) is 4.74 Å². The van der Waals surface area contributed by atoms with Crippen molar-refractivity contribution < 1.29 is 13.2 Å². The molecule has 0 bridgehead atoms. The van der Waals surface area contributed by atoms with E-state index in [-0.39, 0.29) is 35.8 Å². The van der Waals surface area contributed by atoms with Crippen molar-refractivity contribution in [1.82, 2.24) is 10.0 Å². The highest BCUT2D eigenvalue weighted by molar-refractivity contribution is 14.0. The Morgan fingerprint density at radius 2 is 2.15 bits per heavy atom. The maximum atomic E-state index is 12.2. The molecule has 1 saturated heterocycles. The molecule has 2 aliphatic heterocycles. The zero-order valence-electron chi connectivity index (χ0n) is 15.7. The van der Waals surface area contributed by atoms with Crippen LogP contribution in [-0.4, -0.2) is 59.5 Å². The maximum absolute atomic E-state index is 12.2. The molecule has 0 saturated carbocycles. The first-order valence-electron chi connectivity index (χ1n) is 9.24. The minimum Gasteiger partial charge on any atom is -0.377 e. The second kappa shape index (κ2) is 10.6. The molecule has 2 aliphatic rings. The molecule has 2 heterocycles. The van der Waals surface area contributed by atoms with Gasteiger partial charge in [0.25, 0.3) is 0 Å². The molecule has 2 N–H and O–H groups in total. The van der Waals surface area contributed by atoms with Gasteiger partial charge in [0.1, 0.15) is 0 Å². The highest BCUT2D eigenvalue weighted by atomic mass is 127. The summed E-state index contributed by atoms with van der Waals surface area (Å²) in [5.74, 6) is 0.717. The molecule has 1 unspecified atom stereocenters. The van der Waals surface area contributed by atoms with Gasteiger partial charge in [0.05, 0.1) is 11.9 Å². The maximum Gasteiger partial charge on any atom is 0.213 e. The number of hydrogen-bond donors (Lipinski definition) is 2. The molecule has 0 spiro atoms. The van der Waals surface area contributed by atoms with E-state index in [0.29, 0.717) is 19.0 Å². The Morgan fingerprint density at radius 3 is 2.89 bits per heavy atom. The summed E-state index contributed by atoms with van der Waals surface area (Å²) in [5, 5.41) is 3.17. The van der Waals surface area contributed by atoms with E-state index in [2.05, 4.69) is 32.1 Å². The Balaban J connectivity index is 0.00000261. The zero-order chi connectivity index (χ0) is 18.4. The van der Waals surface area contributed by atoms with Crippen LogP contribution in [-0.2, 0) is 21.2 Å². The van der Waals surface area contributed by atoms with Gasteiger partial charge in [-0.1, -0.05) is 18.2 Å². The summed E-state index contributed by atoms with van der Waals surface area (Å²) in [6.45, 7) is 2.24. The quantitative estimate of drug-likeness (QED) is 0.348. The lowest BCUT2D eigenvalue weighted by Crippen LogP contribution is -2.44. The Hall–Kier alpha value is -0.910. The number of hydrogen-bond acceptors (Lipinski definition) is 4. The Morgan fingerprint density at radius 1 is 1.33 bits per heavy atom. The molecule has 1 aromatic carbocycles. The highest BCUT2D eigenvalue weighted by Crippen LogP contribution is 2.27. The highest BCUT2D eigenvalue weighted by Gasteiger charge is 2.23. The first-order valence-corrected chi connectivity index (χ1v) is 10.9. The van der Waals surface area contributed by atoms with Crippen molar-refractivity contribution >= 4 is 45.6 Å². The third-order valence-electron chi connectivity index (χ3n) is 4.81. The molecule has 1 aromatic rings. The van der Waals surface area contributed by atoms with Crippen molar-refractivity contribution in [3.63, 3.8) is 0 Å². The van der Waals surface area contributed by atoms with Gasteiger partial charge < -0.3 is 15.0 Å². The smallest absolute Gasteiger partial charge is 0.213 e. The van der Waals surface area contributed by atoms with Gasteiger partial charge in [0.2, 0.25) is 10.0 Å². The van der Waals surface area contributed by atoms with Crippen LogP contribution in [0.4, 0.5) is 5.69 Å². The molecule has 152 valence electrons. The van der Waals surface area contributed by atoms with Crippen molar-refractivity contribution in [2.24, 2.45) is 4.99 Å². The summed E-state index contributed by atoms with van der Waals surface area (Å²) in [5.41, 5.74) is 2.42. The lowest BCUT2D eigenvalue weighted by molar-refractivity contribution is 0.0200. The molecule has 1 fully saturated rings. The van der Waals surface area contributed by atoms with Crippen LogP contribution in [0.1, 0.15) is 24.8 Å². The van der Waals surface area contributed by atoms with Crippen LogP contribution in [0.25, 0.3) is 0 Å². The van der Waals surface area contributed by atoms with Crippen molar-refractivity contribution in [3.8, 4) is 0 Å². The molecular formula is C18H29IN4O3S. The summed E-state index contributed by atoms with van der Waals surface area (Å²) >= 11 is 0. The largest absolute Gasteiger partial charge is 0.377 e. The third-order valence-corrected chi connectivity index (χ3v) is 6.16. The molecule has 27 heavy (non-hydrogen) atoms. The number of rotatable bonds is 6. The molecule has 3 rings (SSSR count). The number of benzene rings is 1. The van der Waals surface area contributed by atoms with Crippen molar-refractivity contribution in [2.75, 3.05) is 43.9 Å².